The number of nitrogens with one attached hydrogen (secondary N) is 2. The van der Waals surface area contributed by atoms with E-state index < -0.39 is 0 Å². The SMILES string of the molecule is O=C(CNC(=O)[C@@H]1CCCN(c2ncccn2)C1)Nc1ccc(Cl)cc1. The van der Waals surface area contributed by atoms with Gasteiger partial charge in [-0.2, -0.15) is 0 Å². The highest BCUT2D eigenvalue weighted by atomic mass is 35.5. The van der Waals surface area contributed by atoms with Gasteiger partial charge < -0.3 is 15.5 Å². The molecular formula is C18H20ClN5O2. The summed E-state index contributed by atoms with van der Waals surface area (Å²) in [6, 6.07) is 8.56. The zero-order valence-electron chi connectivity index (χ0n) is 14.2. The van der Waals surface area contributed by atoms with Crippen molar-refractivity contribution in [1.82, 2.24) is 15.3 Å². The van der Waals surface area contributed by atoms with Crippen LogP contribution in [0.5, 0.6) is 0 Å². The zero-order chi connectivity index (χ0) is 18.4. The van der Waals surface area contributed by atoms with Crippen LogP contribution in [0.1, 0.15) is 12.8 Å². The van der Waals surface area contributed by atoms with Gasteiger partial charge in [0.15, 0.2) is 0 Å². The Morgan fingerprint density at radius 3 is 2.65 bits per heavy atom. The van der Waals surface area contributed by atoms with Gasteiger partial charge in [0.05, 0.1) is 12.5 Å². The molecule has 2 amide bonds. The maximum Gasteiger partial charge on any atom is 0.243 e. The summed E-state index contributed by atoms with van der Waals surface area (Å²) in [4.78, 5) is 34.8. The highest BCUT2D eigenvalue weighted by molar-refractivity contribution is 6.30. The molecule has 1 atom stereocenters. The van der Waals surface area contributed by atoms with Gasteiger partial charge in [-0.3, -0.25) is 9.59 Å². The molecule has 0 unspecified atom stereocenters. The maximum atomic E-state index is 12.4. The molecule has 3 rings (SSSR count). The summed E-state index contributed by atoms with van der Waals surface area (Å²) in [5.41, 5.74) is 0.638. The molecule has 26 heavy (non-hydrogen) atoms. The zero-order valence-corrected chi connectivity index (χ0v) is 14.9. The van der Waals surface area contributed by atoms with Crippen molar-refractivity contribution in [3.05, 3.63) is 47.7 Å². The molecule has 0 radical (unpaired) electrons. The molecule has 1 aliphatic heterocycles. The van der Waals surface area contributed by atoms with E-state index >= 15 is 0 Å². The summed E-state index contributed by atoms with van der Waals surface area (Å²) in [6.07, 6.45) is 5.04. The first-order valence-electron chi connectivity index (χ1n) is 8.47. The van der Waals surface area contributed by atoms with Gasteiger partial charge in [0.25, 0.3) is 0 Å². The van der Waals surface area contributed by atoms with Crippen molar-refractivity contribution in [1.29, 1.82) is 0 Å². The van der Waals surface area contributed by atoms with Crippen molar-refractivity contribution in [2.24, 2.45) is 5.92 Å². The lowest BCUT2D eigenvalue weighted by atomic mass is 9.97. The summed E-state index contributed by atoms with van der Waals surface area (Å²) in [6.45, 7) is 1.30. The highest BCUT2D eigenvalue weighted by Gasteiger charge is 2.27. The lowest BCUT2D eigenvalue weighted by Crippen LogP contribution is -2.45. The number of piperidine rings is 1. The molecule has 1 saturated heterocycles. The minimum absolute atomic E-state index is 0.0696. The molecular weight excluding hydrogens is 354 g/mol. The van der Waals surface area contributed by atoms with Gasteiger partial charge in [0, 0.05) is 36.2 Å². The molecule has 1 aromatic heterocycles. The summed E-state index contributed by atoms with van der Waals surface area (Å²) in [5, 5.41) is 6.03. The van der Waals surface area contributed by atoms with Crippen LogP contribution < -0.4 is 15.5 Å². The smallest absolute Gasteiger partial charge is 0.243 e. The number of nitrogens with zero attached hydrogens (tertiary/aromatic N) is 3. The van der Waals surface area contributed by atoms with Gasteiger partial charge in [-0.15, -0.1) is 0 Å². The summed E-state index contributed by atoms with van der Waals surface area (Å²) >= 11 is 5.81. The van der Waals surface area contributed by atoms with Crippen molar-refractivity contribution >= 4 is 35.1 Å². The molecule has 0 bridgehead atoms. The number of carbonyl (C=O) groups excluding carboxylic acids is 2. The average molecular weight is 374 g/mol. The Morgan fingerprint density at radius 2 is 1.92 bits per heavy atom. The van der Waals surface area contributed by atoms with E-state index in [4.69, 9.17) is 11.6 Å². The van der Waals surface area contributed by atoms with Crippen molar-refractivity contribution in [3.8, 4) is 0 Å². The molecule has 2 N–H and O–H groups in total. The van der Waals surface area contributed by atoms with Crippen molar-refractivity contribution in [3.63, 3.8) is 0 Å². The highest BCUT2D eigenvalue weighted by Crippen LogP contribution is 2.20. The van der Waals surface area contributed by atoms with Crippen LogP contribution in [0.4, 0.5) is 11.6 Å². The summed E-state index contributed by atoms with van der Waals surface area (Å²) in [7, 11) is 0. The van der Waals surface area contributed by atoms with Gasteiger partial charge in [0.2, 0.25) is 17.8 Å². The third kappa shape index (κ3) is 4.92. The third-order valence-electron chi connectivity index (χ3n) is 4.18. The number of anilines is 2. The molecule has 7 nitrogen and oxygen atoms in total. The van der Waals surface area contributed by atoms with E-state index in [1.807, 2.05) is 4.90 Å². The van der Waals surface area contributed by atoms with Gasteiger partial charge >= 0.3 is 0 Å². The van der Waals surface area contributed by atoms with Crippen LogP contribution in [0.3, 0.4) is 0 Å². The fraction of sp³-hybridized carbons (Fsp3) is 0.333. The van der Waals surface area contributed by atoms with Crippen LogP contribution in [0.25, 0.3) is 0 Å². The van der Waals surface area contributed by atoms with Crippen LogP contribution in [-0.4, -0.2) is 41.4 Å². The number of hydrogen-bond acceptors (Lipinski definition) is 5. The third-order valence-corrected chi connectivity index (χ3v) is 4.43. The van der Waals surface area contributed by atoms with Crippen molar-refractivity contribution in [2.75, 3.05) is 29.9 Å². The Labute approximate surface area is 156 Å². The molecule has 8 heteroatoms. The number of aromatic nitrogens is 2. The van der Waals surface area contributed by atoms with Gasteiger partial charge in [-0.1, -0.05) is 11.6 Å². The Kier molecular flexibility index (Phi) is 6.01. The molecule has 0 aliphatic carbocycles. The van der Waals surface area contributed by atoms with Crippen LogP contribution in [-0.2, 0) is 9.59 Å². The topological polar surface area (TPSA) is 87.2 Å². The van der Waals surface area contributed by atoms with Crippen LogP contribution in [0, 0.1) is 5.92 Å². The summed E-state index contributed by atoms with van der Waals surface area (Å²) < 4.78 is 0. The second-order valence-corrected chi connectivity index (χ2v) is 6.54. The normalized spacial score (nSPS) is 16.8. The molecule has 1 aliphatic rings. The van der Waals surface area contributed by atoms with Gasteiger partial charge in [-0.05, 0) is 43.2 Å². The predicted molar refractivity (Wildman–Crippen MR) is 100 cm³/mol. The van der Waals surface area contributed by atoms with Crippen LogP contribution >= 0.6 is 11.6 Å². The number of rotatable bonds is 5. The molecule has 2 heterocycles. The quantitative estimate of drug-likeness (QED) is 0.838. The minimum Gasteiger partial charge on any atom is -0.347 e. The molecule has 136 valence electrons. The number of carbonyl (C=O) groups is 2. The fourth-order valence-corrected chi connectivity index (χ4v) is 3.00. The Balaban J connectivity index is 1.48. The first-order chi connectivity index (χ1) is 12.6. The summed E-state index contributed by atoms with van der Waals surface area (Å²) in [5.74, 6) is 0.0398. The fourth-order valence-electron chi connectivity index (χ4n) is 2.88. The van der Waals surface area contributed by atoms with E-state index in [1.165, 1.54) is 0 Å². The van der Waals surface area contributed by atoms with Gasteiger partial charge in [-0.25, -0.2) is 9.97 Å². The monoisotopic (exact) mass is 373 g/mol. The average Bonchev–Trinajstić information content (AvgIpc) is 2.69. The largest absolute Gasteiger partial charge is 0.347 e. The lowest BCUT2D eigenvalue weighted by molar-refractivity contribution is -0.127. The predicted octanol–water partition coefficient (Wildman–Crippen LogP) is 2.10. The molecule has 0 saturated carbocycles. The molecule has 1 aromatic carbocycles. The van der Waals surface area contributed by atoms with E-state index in [0.717, 1.165) is 19.4 Å². The van der Waals surface area contributed by atoms with Gasteiger partial charge in [0.1, 0.15) is 0 Å². The van der Waals surface area contributed by atoms with E-state index in [-0.39, 0.29) is 24.3 Å². The van der Waals surface area contributed by atoms with Crippen LogP contribution in [0.2, 0.25) is 5.02 Å². The molecule has 1 fully saturated rings. The van der Waals surface area contributed by atoms with E-state index in [0.29, 0.717) is 23.2 Å². The van der Waals surface area contributed by atoms with Crippen molar-refractivity contribution in [2.45, 2.75) is 12.8 Å². The van der Waals surface area contributed by atoms with Crippen molar-refractivity contribution < 1.29 is 9.59 Å². The Bertz CT molecular complexity index is 754. The number of benzene rings is 1. The molecule has 2 aromatic rings. The standard InChI is InChI=1S/C18H20ClN5O2/c19-14-4-6-15(7-5-14)23-16(25)11-22-17(26)13-3-1-10-24(12-13)18-20-8-2-9-21-18/h2,4-9,13H,1,3,10-12H2,(H,22,26)(H,23,25)/t13-/m1/s1. The van der Waals surface area contributed by atoms with E-state index in [9.17, 15) is 9.59 Å². The van der Waals surface area contributed by atoms with E-state index in [2.05, 4.69) is 20.6 Å². The maximum absolute atomic E-state index is 12.4. The Hall–Kier alpha value is -2.67. The Morgan fingerprint density at radius 1 is 1.19 bits per heavy atom. The van der Waals surface area contributed by atoms with E-state index in [1.54, 1.807) is 42.7 Å². The second kappa shape index (κ2) is 8.62. The number of hydrogen-bond donors (Lipinski definition) is 2. The minimum atomic E-state index is -0.278. The van der Waals surface area contributed by atoms with Crippen LogP contribution in [0.15, 0.2) is 42.7 Å². The second-order valence-electron chi connectivity index (χ2n) is 6.11. The first kappa shape index (κ1) is 18.1. The molecule has 0 spiro atoms. The lowest BCUT2D eigenvalue weighted by Gasteiger charge is -2.31. The first-order valence-corrected chi connectivity index (χ1v) is 8.85. The number of amides is 2. The number of halogens is 1.